The van der Waals surface area contributed by atoms with Gasteiger partial charge >= 0.3 is 0 Å². The molecule has 7 heteroatoms. The highest BCUT2D eigenvalue weighted by Crippen LogP contribution is 2.35. The minimum atomic E-state index is -0.173. The molecule has 1 N–H and O–H groups in total. The van der Waals surface area contributed by atoms with Gasteiger partial charge in [0.05, 0.1) is 19.9 Å². The van der Waals surface area contributed by atoms with E-state index >= 15 is 0 Å². The molecule has 2 aromatic carbocycles. The van der Waals surface area contributed by atoms with E-state index < -0.39 is 0 Å². The zero-order valence-electron chi connectivity index (χ0n) is 16.0. The second kappa shape index (κ2) is 9.61. The SMILES string of the molecule is CCSCc1ccc(C(=O)Nc2nc(-c3cc(OC)ccc3OC)cs2)cc1. The molecule has 0 saturated carbocycles. The van der Waals surface area contributed by atoms with Crippen molar-refractivity contribution in [3.8, 4) is 22.8 Å². The standard InChI is InChI=1S/C21H22N2O3S2/c1-4-27-12-14-5-7-15(8-6-14)20(24)23-21-22-18(13-28-21)17-11-16(25-2)9-10-19(17)26-3/h5-11,13H,4,12H2,1-3H3,(H,22,23,24). The van der Waals surface area contributed by atoms with E-state index in [4.69, 9.17) is 9.47 Å². The van der Waals surface area contributed by atoms with Crippen molar-refractivity contribution in [2.45, 2.75) is 12.7 Å². The van der Waals surface area contributed by atoms with Gasteiger partial charge in [-0.3, -0.25) is 10.1 Å². The lowest BCUT2D eigenvalue weighted by atomic mass is 10.1. The molecule has 1 heterocycles. The third-order valence-corrected chi connectivity index (χ3v) is 5.80. The van der Waals surface area contributed by atoms with Crippen LogP contribution in [0.1, 0.15) is 22.8 Å². The third kappa shape index (κ3) is 4.85. The van der Waals surface area contributed by atoms with Gasteiger partial charge in [0, 0.05) is 22.3 Å². The molecule has 0 radical (unpaired) electrons. The summed E-state index contributed by atoms with van der Waals surface area (Å²) < 4.78 is 10.7. The van der Waals surface area contributed by atoms with Crippen LogP contribution in [-0.2, 0) is 5.75 Å². The number of amides is 1. The molecule has 146 valence electrons. The number of nitrogens with zero attached hydrogens (tertiary/aromatic N) is 1. The van der Waals surface area contributed by atoms with Gasteiger partial charge in [-0.05, 0) is 41.6 Å². The molecule has 0 fully saturated rings. The summed E-state index contributed by atoms with van der Waals surface area (Å²) in [6.45, 7) is 2.13. The van der Waals surface area contributed by atoms with Crippen LogP contribution in [0, 0.1) is 0 Å². The Morgan fingerprint density at radius 3 is 2.61 bits per heavy atom. The number of thioether (sulfide) groups is 1. The predicted octanol–water partition coefficient (Wildman–Crippen LogP) is 5.33. The Labute approximate surface area is 173 Å². The Bertz CT molecular complexity index is 939. The first-order chi connectivity index (χ1) is 13.6. The zero-order chi connectivity index (χ0) is 19.9. The summed E-state index contributed by atoms with van der Waals surface area (Å²) in [6, 6.07) is 13.2. The van der Waals surface area contributed by atoms with E-state index in [2.05, 4.69) is 17.2 Å². The average Bonchev–Trinajstić information content (AvgIpc) is 3.20. The number of hydrogen-bond donors (Lipinski definition) is 1. The van der Waals surface area contributed by atoms with Crippen molar-refractivity contribution in [3.63, 3.8) is 0 Å². The molecule has 0 aliphatic rings. The number of carbonyl (C=O) groups excluding carboxylic acids is 1. The van der Waals surface area contributed by atoms with Crippen LogP contribution in [0.5, 0.6) is 11.5 Å². The molecule has 0 unspecified atom stereocenters. The van der Waals surface area contributed by atoms with E-state index in [1.807, 2.05) is 59.6 Å². The fourth-order valence-corrected chi connectivity index (χ4v) is 3.95. The van der Waals surface area contributed by atoms with Gasteiger partial charge in [0.1, 0.15) is 11.5 Å². The van der Waals surface area contributed by atoms with Crippen molar-refractivity contribution in [1.29, 1.82) is 0 Å². The lowest BCUT2D eigenvalue weighted by molar-refractivity contribution is 0.102. The number of rotatable bonds is 8. The quantitative estimate of drug-likeness (QED) is 0.540. The summed E-state index contributed by atoms with van der Waals surface area (Å²) in [5.74, 6) is 3.27. The lowest BCUT2D eigenvalue weighted by Gasteiger charge is -2.08. The van der Waals surface area contributed by atoms with Crippen LogP contribution in [0.15, 0.2) is 47.8 Å². The van der Waals surface area contributed by atoms with Crippen LogP contribution in [0.4, 0.5) is 5.13 Å². The molecule has 1 amide bonds. The molecule has 0 bridgehead atoms. The van der Waals surface area contributed by atoms with Gasteiger partial charge in [-0.15, -0.1) is 11.3 Å². The largest absolute Gasteiger partial charge is 0.497 e. The summed E-state index contributed by atoms with van der Waals surface area (Å²) in [6.07, 6.45) is 0. The Balaban J connectivity index is 1.73. The number of thiazole rings is 1. The van der Waals surface area contributed by atoms with Crippen molar-refractivity contribution < 1.29 is 14.3 Å². The maximum absolute atomic E-state index is 12.5. The fraction of sp³-hybridized carbons (Fsp3) is 0.238. The molecule has 28 heavy (non-hydrogen) atoms. The topological polar surface area (TPSA) is 60.5 Å². The number of ether oxygens (including phenoxy) is 2. The Hall–Kier alpha value is -2.51. The van der Waals surface area contributed by atoms with Crippen molar-refractivity contribution in [2.24, 2.45) is 0 Å². The van der Waals surface area contributed by atoms with Gasteiger partial charge in [-0.1, -0.05) is 19.1 Å². The number of nitrogens with one attached hydrogen (secondary N) is 1. The van der Waals surface area contributed by atoms with E-state index in [0.29, 0.717) is 16.4 Å². The summed E-state index contributed by atoms with van der Waals surface area (Å²) >= 11 is 3.23. The van der Waals surface area contributed by atoms with Gasteiger partial charge in [-0.2, -0.15) is 11.8 Å². The van der Waals surface area contributed by atoms with Crippen LogP contribution in [-0.4, -0.2) is 30.9 Å². The Kier molecular flexibility index (Phi) is 6.95. The van der Waals surface area contributed by atoms with E-state index in [0.717, 1.165) is 28.5 Å². The van der Waals surface area contributed by atoms with E-state index in [1.54, 1.807) is 14.2 Å². The van der Waals surface area contributed by atoms with Crippen LogP contribution in [0.2, 0.25) is 0 Å². The van der Waals surface area contributed by atoms with E-state index in [-0.39, 0.29) is 5.91 Å². The first kappa shape index (κ1) is 20.2. The highest BCUT2D eigenvalue weighted by atomic mass is 32.2. The van der Waals surface area contributed by atoms with Gasteiger partial charge in [0.2, 0.25) is 0 Å². The predicted molar refractivity (Wildman–Crippen MR) is 117 cm³/mol. The second-order valence-electron chi connectivity index (χ2n) is 5.89. The number of hydrogen-bond acceptors (Lipinski definition) is 6. The number of anilines is 1. The zero-order valence-corrected chi connectivity index (χ0v) is 17.7. The summed E-state index contributed by atoms with van der Waals surface area (Å²) in [7, 11) is 3.23. The summed E-state index contributed by atoms with van der Waals surface area (Å²) in [5, 5.41) is 5.29. The van der Waals surface area contributed by atoms with E-state index in [9.17, 15) is 4.79 Å². The van der Waals surface area contributed by atoms with Crippen LogP contribution < -0.4 is 14.8 Å². The normalized spacial score (nSPS) is 10.5. The van der Waals surface area contributed by atoms with Crippen LogP contribution >= 0.6 is 23.1 Å². The van der Waals surface area contributed by atoms with E-state index in [1.165, 1.54) is 16.9 Å². The maximum atomic E-state index is 12.5. The van der Waals surface area contributed by atoms with Crippen molar-refractivity contribution >= 4 is 34.1 Å². The Morgan fingerprint density at radius 2 is 1.93 bits per heavy atom. The van der Waals surface area contributed by atoms with Crippen LogP contribution in [0.3, 0.4) is 0 Å². The maximum Gasteiger partial charge on any atom is 0.257 e. The highest BCUT2D eigenvalue weighted by molar-refractivity contribution is 7.98. The molecular weight excluding hydrogens is 392 g/mol. The van der Waals surface area contributed by atoms with Crippen LogP contribution in [0.25, 0.3) is 11.3 Å². The number of carbonyl (C=O) groups is 1. The van der Waals surface area contributed by atoms with Crippen molar-refractivity contribution in [2.75, 3.05) is 25.3 Å². The summed E-state index contributed by atoms with van der Waals surface area (Å²) in [5.41, 5.74) is 3.37. The molecule has 3 aromatic rings. The first-order valence-electron chi connectivity index (χ1n) is 8.80. The van der Waals surface area contributed by atoms with Crippen molar-refractivity contribution in [1.82, 2.24) is 4.98 Å². The summed E-state index contributed by atoms with van der Waals surface area (Å²) in [4.78, 5) is 17.1. The third-order valence-electron chi connectivity index (χ3n) is 4.10. The second-order valence-corrected chi connectivity index (χ2v) is 8.02. The Morgan fingerprint density at radius 1 is 1.14 bits per heavy atom. The molecule has 0 spiro atoms. The average molecular weight is 415 g/mol. The lowest BCUT2D eigenvalue weighted by Crippen LogP contribution is -2.11. The molecule has 3 rings (SSSR count). The number of aromatic nitrogens is 1. The van der Waals surface area contributed by atoms with Gasteiger partial charge < -0.3 is 9.47 Å². The minimum absolute atomic E-state index is 0.173. The molecule has 5 nitrogen and oxygen atoms in total. The van der Waals surface area contributed by atoms with Gasteiger partial charge in [-0.25, -0.2) is 4.98 Å². The van der Waals surface area contributed by atoms with Crippen molar-refractivity contribution in [3.05, 3.63) is 59.0 Å². The van der Waals surface area contributed by atoms with Gasteiger partial charge in [0.15, 0.2) is 5.13 Å². The molecule has 0 saturated heterocycles. The smallest absolute Gasteiger partial charge is 0.257 e. The molecule has 0 aliphatic carbocycles. The molecule has 0 aliphatic heterocycles. The number of methoxy groups -OCH3 is 2. The molecular formula is C21H22N2O3S2. The monoisotopic (exact) mass is 414 g/mol. The molecule has 0 atom stereocenters. The fourth-order valence-electron chi connectivity index (χ4n) is 2.61. The minimum Gasteiger partial charge on any atom is -0.497 e. The van der Waals surface area contributed by atoms with Gasteiger partial charge in [0.25, 0.3) is 5.91 Å². The first-order valence-corrected chi connectivity index (χ1v) is 10.8. The molecule has 1 aromatic heterocycles. The number of benzene rings is 2. The highest BCUT2D eigenvalue weighted by Gasteiger charge is 2.14.